The second-order valence-corrected chi connectivity index (χ2v) is 4.64. The lowest BCUT2D eigenvalue weighted by atomic mass is 10.2. The first-order chi connectivity index (χ1) is 8.74. The normalized spacial score (nSPS) is 10.7. The summed E-state index contributed by atoms with van der Waals surface area (Å²) in [5.41, 5.74) is 3.01. The van der Waals surface area contributed by atoms with Crippen LogP contribution in [-0.2, 0) is 11.2 Å². The molecule has 0 atom stereocenters. The molecule has 0 bridgehead atoms. The lowest BCUT2D eigenvalue weighted by molar-refractivity contribution is -0.120. The summed E-state index contributed by atoms with van der Waals surface area (Å²) in [7, 11) is 0. The van der Waals surface area contributed by atoms with Crippen LogP contribution in [0.2, 0.25) is 0 Å². The first kappa shape index (κ1) is 12.4. The number of nitrogens with zero attached hydrogens (tertiary/aromatic N) is 1. The molecule has 3 nitrogen and oxygen atoms in total. The van der Waals surface area contributed by atoms with Crippen molar-refractivity contribution in [1.82, 2.24) is 5.43 Å². The fourth-order valence-corrected chi connectivity index (χ4v) is 2.08. The van der Waals surface area contributed by atoms with Crippen molar-refractivity contribution in [2.75, 3.05) is 0 Å². The number of hydrazone groups is 1. The average molecular weight is 262 g/mol. The maximum Gasteiger partial charge on any atom is 0.245 e. The van der Waals surface area contributed by atoms with Crippen LogP contribution in [0.15, 0.2) is 46.9 Å². The van der Waals surface area contributed by atoms with E-state index in [9.17, 15) is 9.18 Å². The summed E-state index contributed by atoms with van der Waals surface area (Å²) in [4.78, 5) is 12.5. The number of nitrogens with one attached hydrogen (secondary N) is 1. The lowest BCUT2D eigenvalue weighted by Crippen LogP contribution is -2.19. The molecule has 0 aliphatic rings. The van der Waals surface area contributed by atoms with Gasteiger partial charge in [-0.05, 0) is 29.1 Å². The number of benzene rings is 1. The van der Waals surface area contributed by atoms with Crippen molar-refractivity contribution in [1.29, 1.82) is 0 Å². The predicted octanol–water partition coefficient (Wildman–Crippen LogP) is 2.58. The molecule has 5 heteroatoms. The van der Waals surface area contributed by atoms with Gasteiger partial charge in [-0.3, -0.25) is 4.79 Å². The smallest absolute Gasteiger partial charge is 0.245 e. The molecule has 0 saturated carbocycles. The summed E-state index contributed by atoms with van der Waals surface area (Å²) in [6.07, 6.45) is 1.72. The van der Waals surface area contributed by atoms with Crippen molar-refractivity contribution >= 4 is 23.5 Å². The highest BCUT2D eigenvalue weighted by atomic mass is 32.1. The molecule has 92 valence electrons. The van der Waals surface area contributed by atoms with Gasteiger partial charge in [0.1, 0.15) is 5.82 Å². The molecule has 1 heterocycles. The monoisotopic (exact) mass is 262 g/mol. The van der Waals surface area contributed by atoms with Gasteiger partial charge in [0.05, 0.1) is 12.6 Å². The van der Waals surface area contributed by atoms with Gasteiger partial charge in [-0.25, -0.2) is 9.82 Å². The fourth-order valence-electron chi connectivity index (χ4n) is 1.38. The van der Waals surface area contributed by atoms with Gasteiger partial charge in [-0.2, -0.15) is 5.10 Å². The van der Waals surface area contributed by atoms with Gasteiger partial charge in [-0.15, -0.1) is 11.3 Å². The zero-order valence-electron chi connectivity index (χ0n) is 9.47. The molecule has 0 fully saturated rings. The van der Waals surface area contributed by atoms with Gasteiger partial charge >= 0.3 is 0 Å². The van der Waals surface area contributed by atoms with Gasteiger partial charge in [-0.1, -0.05) is 18.2 Å². The third-order valence-electron chi connectivity index (χ3n) is 2.17. The standard InChI is InChI=1S/C13H11FN2OS/c14-11-4-1-3-10(7-11)9-15-16-13(17)8-12-5-2-6-18-12/h1-7,9H,8H2,(H,16,17)/b15-9+. The SMILES string of the molecule is O=C(Cc1cccs1)N/N=C/c1cccc(F)c1. The highest BCUT2D eigenvalue weighted by Crippen LogP contribution is 2.08. The van der Waals surface area contributed by atoms with Gasteiger partial charge in [0.25, 0.3) is 0 Å². The van der Waals surface area contributed by atoms with Gasteiger partial charge in [0.2, 0.25) is 5.91 Å². The molecule has 2 aromatic rings. The number of amides is 1. The fraction of sp³-hybridized carbons (Fsp3) is 0.0769. The molecule has 0 unspecified atom stereocenters. The van der Waals surface area contributed by atoms with E-state index in [0.29, 0.717) is 12.0 Å². The molecule has 18 heavy (non-hydrogen) atoms. The van der Waals surface area contributed by atoms with E-state index in [1.54, 1.807) is 12.1 Å². The molecule has 0 aliphatic heterocycles. The number of hydrogen-bond donors (Lipinski definition) is 1. The van der Waals surface area contributed by atoms with Crippen LogP contribution in [0.25, 0.3) is 0 Å². The van der Waals surface area contributed by atoms with E-state index in [2.05, 4.69) is 10.5 Å². The largest absolute Gasteiger partial charge is 0.273 e. The van der Waals surface area contributed by atoms with E-state index < -0.39 is 0 Å². The molecule has 0 radical (unpaired) electrons. The highest BCUT2D eigenvalue weighted by molar-refractivity contribution is 7.10. The highest BCUT2D eigenvalue weighted by Gasteiger charge is 2.02. The Morgan fingerprint density at radius 2 is 2.28 bits per heavy atom. The third kappa shape index (κ3) is 3.78. The predicted molar refractivity (Wildman–Crippen MR) is 70.2 cm³/mol. The van der Waals surface area contributed by atoms with Crippen LogP contribution < -0.4 is 5.43 Å². The Bertz CT molecular complexity index is 552. The maximum absolute atomic E-state index is 12.9. The Hall–Kier alpha value is -2.01. The van der Waals surface area contributed by atoms with Crippen LogP contribution in [0.1, 0.15) is 10.4 Å². The quantitative estimate of drug-likeness (QED) is 0.668. The Labute approximate surface area is 108 Å². The molecule has 1 N–H and O–H groups in total. The number of carbonyl (C=O) groups excluding carboxylic acids is 1. The zero-order valence-corrected chi connectivity index (χ0v) is 10.3. The summed E-state index contributed by atoms with van der Waals surface area (Å²) < 4.78 is 12.9. The summed E-state index contributed by atoms with van der Waals surface area (Å²) in [5, 5.41) is 5.69. The Morgan fingerprint density at radius 3 is 3.00 bits per heavy atom. The van der Waals surface area contributed by atoms with Crippen molar-refractivity contribution < 1.29 is 9.18 Å². The molecular weight excluding hydrogens is 251 g/mol. The van der Waals surface area contributed by atoms with Crippen molar-refractivity contribution in [3.8, 4) is 0 Å². The summed E-state index contributed by atoms with van der Waals surface area (Å²) in [6, 6.07) is 9.77. The van der Waals surface area contributed by atoms with Gasteiger partial charge < -0.3 is 0 Å². The maximum atomic E-state index is 12.9. The van der Waals surface area contributed by atoms with E-state index in [4.69, 9.17) is 0 Å². The Morgan fingerprint density at radius 1 is 1.39 bits per heavy atom. The molecule has 0 spiro atoms. The third-order valence-corrected chi connectivity index (χ3v) is 3.04. The number of halogens is 1. The Kier molecular flexibility index (Phi) is 4.20. The topological polar surface area (TPSA) is 41.5 Å². The van der Waals surface area contributed by atoms with E-state index in [-0.39, 0.29) is 11.7 Å². The van der Waals surface area contributed by atoms with E-state index >= 15 is 0 Å². The molecule has 1 amide bonds. The van der Waals surface area contributed by atoms with Crippen LogP contribution >= 0.6 is 11.3 Å². The van der Waals surface area contributed by atoms with Crippen LogP contribution in [0, 0.1) is 5.82 Å². The average Bonchev–Trinajstić information content (AvgIpc) is 2.82. The molecular formula is C13H11FN2OS. The van der Waals surface area contributed by atoms with Gasteiger partial charge in [0.15, 0.2) is 0 Å². The van der Waals surface area contributed by atoms with Crippen LogP contribution in [0.5, 0.6) is 0 Å². The summed E-state index contributed by atoms with van der Waals surface area (Å²) in [5.74, 6) is -0.519. The van der Waals surface area contributed by atoms with Crippen LogP contribution in [-0.4, -0.2) is 12.1 Å². The van der Waals surface area contributed by atoms with Crippen LogP contribution in [0.4, 0.5) is 4.39 Å². The number of rotatable bonds is 4. The molecule has 1 aromatic heterocycles. The van der Waals surface area contributed by atoms with Crippen molar-refractivity contribution in [3.63, 3.8) is 0 Å². The minimum atomic E-state index is -0.330. The van der Waals surface area contributed by atoms with E-state index in [0.717, 1.165) is 4.88 Å². The van der Waals surface area contributed by atoms with E-state index in [1.165, 1.54) is 29.7 Å². The Balaban J connectivity index is 1.86. The van der Waals surface area contributed by atoms with Crippen molar-refractivity contribution in [2.24, 2.45) is 5.10 Å². The van der Waals surface area contributed by atoms with Crippen LogP contribution in [0.3, 0.4) is 0 Å². The molecule has 0 aliphatic carbocycles. The van der Waals surface area contributed by atoms with E-state index in [1.807, 2.05) is 17.5 Å². The molecule has 1 aromatic carbocycles. The van der Waals surface area contributed by atoms with Gasteiger partial charge in [0, 0.05) is 4.88 Å². The lowest BCUT2D eigenvalue weighted by Gasteiger charge is -1.97. The second-order valence-electron chi connectivity index (χ2n) is 3.60. The van der Waals surface area contributed by atoms with Crippen molar-refractivity contribution in [2.45, 2.75) is 6.42 Å². The second kappa shape index (κ2) is 6.07. The summed E-state index contributed by atoms with van der Waals surface area (Å²) >= 11 is 1.52. The first-order valence-corrected chi connectivity index (χ1v) is 6.22. The minimum Gasteiger partial charge on any atom is -0.273 e. The molecule has 0 saturated heterocycles. The van der Waals surface area contributed by atoms with Crippen molar-refractivity contribution in [3.05, 3.63) is 58.0 Å². The number of thiophene rings is 1. The summed E-state index contributed by atoms with van der Waals surface area (Å²) in [6.45, 7) is 0. The molecule has 2 rings (SSSR count). The minimum absolute atomic E-state index is 0.190. The number of carbonyl (C=O) groups is 1. The zero-order chi connectivity index (χ0) is 12.8. The first-order valence-electron chi connectivity index (χ1n) is 5.34. The number of hydrogen-bond acceptors (Lipinski definition) is 3.